The summed E-state index contributed by atoms with van der Waals surface area (Å²) in [6.45, 7) is 2.98. The molecule has 1 atom stereocenters. The molecule has 0 amide bonds. The number of aryl methyl sites for hydroxylation is 1. The van der Waals surface area contributed by atoms with Crippen LogP contribution in [0.25, 0.3) is 0 Å². The van der Waals surface area contributed by atoms with Crippen molar-refractivity contribution in [2.24, 2.45) is 0 Å². The van der Waals surface area contributed by atoms with Crippen molar-refractivity contribution in [1.29, 1.82) is 0 Å². The van der Waals surface area contributed by atoms with Crippen molar-refractivity contribution in [3.63, 3.8) is 0 Å². The molecule has 1 aliphatic carbocycles. The van der Waals surface area contributed by atoms with Crippen LogP contribution in [0, 0.1) is 5.82 Å². The fourth-order valence-corrected chi connectivity index (χ4v) is 3.12. The Labute approximate surface area is 118 Å². The maximum atomic E-state index is 13.1. The van der Waals surface area contributed by atoms with Gasteiger partial charge in [0.15, 0.2) is 0 Å². The molecular weight excluding hydrogens is 253 g/mol. The number of hydrogen-bond acceptors (Lipinski definition) is 2. The number of phenolic OH excluding ortho intramolecular Hbond substituents is 1. The average Bonchev–Trinajstić information content (AvgIpc) is 2.85. The third kappa shape index (κ3) is 2.24. The van der Waals surface area contributed by atoms with Gasteiger partial charge in [-0.3, -0.25) is 0 Å². The van der Waals surface area contributed by atoms with Gasteiger partial charge >= 0.3 is 0 Å². The first kappa shape index (κ1) is 13.0. The monoisotopic (exact) mass is 271 g/mol. The molecule has 0 saturated heterocycles. The average molecular weight is 271 g/mol. The Morgan fingerprint density at radius 2 is 1.95 bits per heavy atom. The molecule has 0 radical (unpaired) electrons. The molecule has 2 aromatic carbocycles. The van der Waals surface area contributed by atoms with Gasteiger partial charge in [-0.2, -0.15) is 0 Å². The second-order valence-electron chi connectivity index (χ2n) is 5.20. The molecule has 104 valence electrons. The molecule has 0 aromatic heterocycles. The molecule has 0 aliphatic heterocycles. The normalized spacial score (nSPS) is 17.0. The van der Waals surface area contributed by atoms with E-state index >= 15 is 0 Å². The lowest BCUT2D eigenvalue weighted by atomic mass is 10.1. The Morgan fingerprint density at radius 1 is 1.20 bits per heavy atom. The first-order valence-corrected chi connectivity index (χ1v) is 7.03. The third-order valence-corrected chi connectivity index (χ3v) is 4.05. The molecule has 1 N–H and O–H groups in total. The molecule has 0 bridgehead atoms. The maximum absolute atomic E-state index is 13.1. The van der Waals surface area contributed by atoms with Gasteiger partial charge in [-0.1, -0.05) is 6.07 Å². The molecular formula is C17H18FNO. The fourth-order valence-electron chi connectivity index (χ4n) is 3.12. The van der Waals surface area contributed by atoms with E-state index in [1.807, 2.05) is 24.3 Å². The Balaban J connectivity index is 1.94. The van der Waals surface area contributed by atoms with E-state index in [4.69, 9.17) is 0 Å². The summed E-state index contributed by atoms with van der Waals surface area (Å²) in [5, 5.41) is 9.57. The standard InChI is InChI=1S/C17H18FNO/c1-2-19(14-6-4-13(18)5-7-14)17-10-3-12-11-15(20)8-9-16(12)17/h4-9,11,17,20H,2-3,10H2,1H3. The number of aromatic hydroxyl groups is 1. The van der Waals surface area contributed by atoms with Crippen molar-refractivity contribution in [2.45, 2.75) is 25.8 Å². The maximum Gasteiger partial charge on any atom is 0.123 e. The molecule has 3 heteroatoms. The van der Waals surface area contributed by atoms with E-state index in [9.17, 15) is 9.50 Å². The summed E-state index contributed by atoms with van der Waals surface area (Å²) in [7, 11) is 0. The quantitative estimate of drug-likeness (QED) is 0.910. The summed E-state index contributed by atoms with van der Waals surface area (Å²) >= 11 is 0. The van der Waals surface area contributed by atoms with E-state index in [1.165, 1.54) is 23.3 Å². The smallest absolute Gasteiger partial charge is 0.123 e. The van der Waals surface area contributed by atoms with Gasteiger partial charge in [0.2, 0.25) is 0 Å². The summed E-state index contributed by atoms with van der Waals surface area (Å²) in [6, 6.07) is 12.6. The first-order chi connectivity index (χ1) is 9.69. The van der Waals surface area contributed by atoms with Gasteiger partial charge < -0.3 is 10.0 Å². The van der Waals surface area contributed by atoms with Crippen LogP contribution >= 0.6 is 0 Å². The highest BCUT2D eigenvalue weighted by molar-refractivity contribution is 5.52. The summed E-state index contributed by atoms with van der Waals surface area (Å²) in [6.07, 6.45) is 2.01. The number of halogens is 1. The molecule has 3 rings (SSSR count). The predicted octanol–water partition coefficient (Wildman–Crippen LogP) is 4.05. The summed E-state index contributed by atoms with van der Waals surface area (Å²) < 4.78 is 13.1. The molecule has 0 saturated carbocycles. The van der Waals surface area contributed by atoms with Crippen LogP contribution in [0.5, 0.6) is 5.75 Å². The number of benzene rings is 2. The molecule has 2 nitrogen and oxygen atoms in total. The van der Waals surface area contributed by atoms with Gasteiger partial charge in [0, 0.05) is 12.2 Å². The van der Waals surface area contributed by atoms with Gasteiger partial charge in [0.25, 0.3) is 0 Å². The SMILES string of the molecule is CCN(c1ccc(F)cc1)C1CCc2cc(O)ccc21. The van der Waals surface area contributed by atoms with E-state index in [0.717, 1.165) is 25.1 Å². The van der Waals surface area contributed by atoms with E-state index in [0.29, 0.717) is 11.8 Å². The van der Waals surface area contributed by atoms with Crippen LogP contribution in [0.2, 0.25) is 0 Å². The number of phenols is 1. The zero-order chi connectivity index (χ0) is 14.1. The highest BCUT2D eigenvalue weighted by Gasteiger charge is 2.27. The molecule has 20 heavy (non-hydrogen) atoms. The topological polar surface area (TPSA) is 23.5 Å². The van der Waals surface area contributed by atoms with Crippen molar-refractivity contribution in [2.75, 3.05) is 11.4 Å². The third-order valence-electron chi connectivity index (χ3n) is 4.05. The highest BCUT2D eigenvalue weighted by atomic mass is 19.1. The van der Waals surface area contributed by atoms with E-state index in [-0.39, 0.29) is 5.82 Å². The minimum absolute atomic E-state index is 0.207. The number of hydrogen-bond donors (Lipinski definition) is 1. The minimum atomic E-state index is -0.207. The first-order valence-electron chi connectivity index (χ1n) is 7.03. The molecule has 1 unspecified atom stereocenters. The van der Waals surface area contributed by atoms with Crippen LogP contribution in [0.4, 0.5) is 10.1 Å². The predicted molar refractivity (Wildman–Crippen MR) is 78.6 cm³/mol. The lowest BCUT2D eigenvalue weighted by Crippen LogP contribution is -2.26. The van der Waals surface area contributed by atoms with E-state index in [2.05, 4.69) is 11.8 Å². The second kappa shape index (κ2) is 5.16. The summed E-state index contributed by atoms with van der Waals surface area (Å²) in [4.78, 5) is 2.29. The van der Waals surface area contributed by atoms with E-state index in [1.54, 1.807) is 6.07 Å². The van der Waals surface area contributed by atoms with Crippen LogP contribution in [0.1, 0.15) is 30.5 Å². The lowest BCUT2D eigenvalue weighted by Gasteiger charge is -2.30. The zero-order valence-electron chi connectivity index (χ0n) is 11.5. The van der Waals surface area contributed by atoms with Crippen LogP contribution in [-0.4, -0.2) is 11.7 Å². The number of fused-ring (bicyclic) bond motifs is 1. The second-order valence-corrected chi connectivity index (χ2v) is 5.20. The molecule has 2 aromatic rings. The largest absolute Gasteiger partial charge is 0.508 e. The zero-order valence-corrected chi connectivity index (χ0v) is 11.5. The Kier molecular flexibility index (Phi) is 3.35. The Hall–Kier alpha value is -2.03. The van der Waals surface area contributed by atoms with Crippen LogP contribution in [0.15, 0.2) is 42.5 Å². The highest BCUT2D eigenvalue weighted by Crippen LogP contribution is 2.39. The molecule has 1 aliphatic rings. The van der Waals surface area contributed by atoms with Gasteiger partial charge in [-0.25, -0.2) is 4.39 Å². The Bertz CT molecular complexity index is 609. The van der Waals surface area contributed by atoms with Crippen LogP contribution in [-0.2, 0) is 6.42 Å². The Morgan fingerprint density at radius 3 is 2.65 bits per heavy atom. The van der Waals surface area contributed by atoms with Gasteiger partial charge in [0.1, 0.15) is 11.6 Å². The lowest BCUT2D eigenvalue weighted by molar-refractivity contribution is 0.474. The minimum Gasteiger partial charge on any atom is -0.508 e. The van der Waals surface area contributed by atoms with Crippen molar-refractivity contribution >= 4 is 5.69 Å². The van der Waals surface area contributed by atoms with Crippen LogP contribution < -0.4 is 4.90 Å². The summed E-state index contributed by atoms with van der Waals surface area (Å²) in [5.41, 5.74) is 3.53. The molecule has 0 heterocycles. The van der Waals surface area contributed by atoms with Gasteiger partial charge in [0.05, 0.1) is 6.04 Å². The van der Waals surface area contributed by atoms with E-state index < -0.39 is 0 Å². The van der Waals surface area contributed by atoms with Crippen molar-refractivity contribution in [1.82, 2.24) is 0 Å². The van der Waals surface area contributed by atoms with Gasteiger partial charge in [-0.05, 0) is 67.3 Å². The van der Waals surface area contributed by atoms with Crippen LogP contribution in [0.3, 0.4) is 0 Å². The molecule has 0 spiro atoms. The van der Waals surface area contributed by atoms with Crippen molar-refractivity contribution < 1.29 is 9.50 Å². The molecule has 0 fully saturated rings. The fraction of sp³-hybridized carbons (Fsp3) is 0.294. The van der Waals surface area contributed by atoms with Crippen molar-refractivity contribution in [3.8, 4) is 5.75 Å². The number of nitrogens with zero attached hydrogens (tertiary/aromatic N) is 1. The summed E-state index contributed by atoms with van der Waals surface area (Å²) in [5.74, 6) is 0.121. The number of anilines is 1. The van der Waals surface area contributed by atoms with Crippen molar-refractivity contribution in [3.05, 3.63) is 59.4 Å². The number of rotatable bonds is 3. The van der Waals surface area contributed by atoms with Gasteiger partial charge in [-0.15, -0.1) is 0 Å².